The van der Waals surface area contributed by atoms with Gasteiger partial charge in [-0.3, -0.25) is 0 Å². The van der Waals surface area contributed by atoms with E-state index in [1.165, 1.54) is 24.8 Å². The van der Waals surface area contributed by atoms with Crippen molar-refractivity contribution in [2.24, 2.45) is 0 Å². The average molecular weight is 362 g/mol. The van der Waals surface area contributed by atoms with E-state index >= 15 is 0 Å². The number of aromatic nitrogens is 1. The molecule has 4 rings (SSSR count). The van der Waals surface area contributed by atoms with E-state index in [1.807, 2.05) is 36.4 Å². The minimum absolute atomic E-state index is 0.0332. The number of ether oxygens (including phenoxy) is 1. The van der Waals surface area contributed by atoms with Crippen molar-refractivity contribution in [3.63, 3.8) is 0 Å². The zero-order valence-corrected chi connectivity index (χ0v) is 15.5. The van der Waals surface area contributed by atoms with Gasteiger partial charge in [0, 0.05) is 17.3 Å². The van der Waals surface area contributed by atoms with Crippen molar-refractivity contribution in [2.75, 3.05) is 6.54 Å². The normalized spacial score (nSPS) is 16.3. The molecule has 0 saturated heterocycles. The van der Waals surface area contributed by atoms with Crippen LogP contribution in [0.4, 0.5) is 0 Å². The summed E-state index contributed by atoms with van der Waals surface area (Å²) in [5, 5.41) is 10.4. The summed E-state index contributed by atoms with van der Waals surface area (Å²) < 4.78 is 5.95. The fraction of sp³-hybridized carbons (Fsp3) is 0.348. The smallest absolute Gasteiger partial charge is 0.130 e. The third-order valence-corrected chi connectivity index (χ3v) is 5.74. The van der Waals surface area contributed by atoms with Gasteiger partial charge in [0.1, 0.15) is 12.4 Å². The molecule has 1 aliphatic rings. The van der Waals surface area contributed by atoms with Gasteiger partial charge in [-0.15, -0.1) is 0 Å². The fourth-order valence-corrected chi connectivity index (χ4v) is 4.20. The standard InChI is InChI=1S/C23H26N2O2/c26-24-17-23(14-4-1-5-15-23)19-9-12-21(13-10-19)27-16-20-11-8-18-6-2-3-7-22(18)25-20/h2-3,6-13,24,26H,1,4-5,14-17H2. The van der Waals surface area contributed by atoms with E-state index in [4.69, 9.17) is 4.74 Å². The van der Waals surface area contributed by atoms with Gasteiger partial charge >= 0.3 is 0 Å². The molecule has 1 aromatic heterocycles. The topological polar surface area (TPSA) is 54.4 Å². The number of nitrogens with zero attached hydrogens (tertiary/aromatic N) is 1. The Kier molecular flexibility index (Phi) is 5.37. The van der Waals surface area contributed by atoms with Crippen molar-refractivity contribution < 1.29 is 9.94 Å². The number of hydroxylamine groups is 1. The lowest BCUT2D eigenvalue weighted by atomic mass is 9.69. The van der Waals surface area contributed by atoms with Gasteiger partial charge in [0.25, 0.3) is 0 Å². The molecule has 1 fully saturated rings. The highest BCUT2D eigenvalue weighted by atomic mass is 16.5. The van der Waals surface area contributed by atoms with Gasteiger partial charge in [-0.2, -0.15) is 0 Å². The molecule has 1 aliphatic carbocycles. The summed E-state index contributed by atoms with van der Waals surface area (Å²) >= 11 is 0. The van der Waals surface area contributed by atoms with E-state index < -0.39 is 0 Å². The summed E-state index contributed by atoms with van der Waals surface area (Å²) in [5.74, 6) is 0.844. The second-order valence-corrected chi connectivity index (χ2v) is 7.48. The van der Waals surface area contributed by atoms with Crippen LogP contribution in [0.2, 0.25) is 0 Å². The van der Waals surface area contributed by atoms with E-state index in [-0.39, 0.29) is 5.41 Å². The lowest BCUT2D eigenvalue weighted by molar-refractivity contribution is 0.122. The van der Waals surface area contributed by atoms with Crippen molar-refractivity contribution in [2.45, 2.75) is 44.1 Å². The molecule has 0 spiro atoms. The molecule has 4 heteroatoms. The monoisotopic (exact) mass is 362 g/mol. The van der Waals surface area contributed by atoms with Crippen LogP contribution in [0.1, 0.15) is 43.4 Å². The van der Waals surface area contributed by atoms with Crippen LogP contribution in [-0.2, 0) is 12.0 Å². The highest BCUT2D eigenvalue weighted by Gasteiger charge is 2.33. The van der Waals surface area contributed by atoms with E-state index in [2.05, 4.69) is 34.7 Å². The van der Waals surface area contributed by atoms with Crippen LogP contribution < -0.4 is 10.2 Å². The third kappa shape index (κ3) is 3.97. The molecule has 4 nitrogen and oxygen atoms in total. The second-order valence-electron chi connectivity index (χ2n) is 7.48. The summed E-state index contributed by atoms with van der Waals surface area (Å²) in [4.78, 5) is 4.66. The molecule has 1 heterocycles. The maximum absolute atomic E-state index is 9.30. The molecule has 3 aromatic rings. The Morgan fingerprint density at radius 1 is 0.926 bits per heavy atom. The Balaban J connectivity index is 1.45. The van der Waals surface area contributed by atoms with E-state index in [0.29, 0.717) is 13.2 Å². The van der Waals surface area contributed by atoms with Gasteiger partial charge in [-0.25, -0.2) is 10.5 Å². The molecule has 2 aromatic carbocycles. The summed E-state index contributed by atoms with van der Waals surface area (Å²) in [6.45, 7) is 1.06. The van der Waals surface area contributed by atoms with Gasteiger partial charge in [-0.05, 0) is 42.7 Å². The molecule has 2 N–H and O–H groups in total. The lowest BCUT2D eigenvalue weighted by Crippen LogP contribution is -2.38. The summed E-state index contributed by atoms with van der Waals surface area (Å²) in [6.07, 6.45) is 5.94. The maximum Gasteiger partial charge on any atom is 0.130 e. The number of nitrogens with one attached hydrogen (secondary N) is 1. The summed E-state index contributed by atoms with van der Waals surface area (Å²) in [6, 6.07) is 20.6. The van der Waals surface area contributed by atoms with Gasteiger partial charge in [0.15, 0.2) is 0 Å². The number of rotatable bonds is 6. The first-order chi connectivity index (χ1) is 13.3. The van der Waals surface area contributed by atoms with Crippen LogP contribution in [-0.4, -0.2) is 16.7 Å². The number of hydrogen-bond donors (Lipinski definition) is 2. The van der Waals surface area contributed by atoms with Crippen LogP contribution in [0, 0.1) is 0 Å². The number of benzene rings is 2. The molecule has 27 heavy (non-hydrogen) atoms. The largest absolute Gasteiger partial charge is 0.487 e. The first-order valence-electron chi connectivity index (χ1n) is 9.74. The van der Waals surface area contributed by atoms with Crippen LogP contribution in [0.3, 0.4) is 0 Å². The average Bonchev–Trinajstić information content (AvgIpc) is 2.73. The van der Waals surface area contributed by atoms with Crippen LogP contribution in [0.25, 0.3) is 10.9 Å². The first-order valence-corrected chi connectivity index (χ1v) is 9.74. The third-order valence-electron chi connectivity index (χ3n) is 5.74. The van der Waals surface area contributed by atoms with Gasteiger partial charge < -0.3 is 9.94 Å². The Hall–Kier alpha value is -2.43. The number of fused-ring (bicyclic) bond motifs is 1. The number of para-hydroxylation sites is 1. The molecule has 0 amide bonds. The molecule has 0 bridgehead atoms. The van der Waals surface area contributed by atoms with Crippen molar-refractivity contribution >= 4 is 10.9 Å². The van der Waals surface area contributed by atoms with E-state index in [0.717, 1.165) is 35.2 Å². The second kappa shape index (κ2) is 8.07. The highest BCUT2D eigenvalue weighted by Crippen LogP contribution is 2.39. The molecule has 0 radical (unpaired) electrons. The number of pyridine rings is 1. The molecule has 1 saturated carbocycles. The lowest BCUT2D eigenvalue weighted by Gasteiger charge is -2.37. The number of hydrogen-bond acceptors (Lipinski definition) is 4. The Morgan fingerprint density at radius 2 is 1.70 bits per heavy atom. The van der Waals surface area contributed by atoms with E-state index in [1.54, 1.807) is 0 Å². The predicted molar refractivity (Wildman–Crippen MR) is 107 cm³/mol. The SMILES string of the molecule is ONCC1(c2ccc(OCc3ccc4ccccc4n3)cc2)CCCCC1. The Labute approximate surface area is 160 Å². The van der Waals surface area contributed by atoms with Crippen molar-refractivity contribution in [1.82, 2.24) is 10.5 Å². The maximum atomic E-state index is 9.30. The minimum Gasteiger partial charge on any atom is -0.487 e. The van der Waals surface area contributed by atoms with Gasteiger partial charge in [-0.1, -0.05) is 55.7 Å². The Bertz CT molecular complexity index is 881. The quantitative estimate of drug-likeness (QED) is 0.606. The first kappa shape index (κ1) is 18.0. The predicted octanol–water partition coefficient (Wildman–Crippen LogP) is 4.99. The van der Waals surface area contributed by atoms with Crippen molar-refractivity contribution in [1.29, 1.82) is 0 Å². The van der Waals surface area contributed by atoms with Gasteiger partial charge in [0.05, 0.1) is 11.2 Å². The van der Waals surface area contributed by atoms with Crippen molar-refractivity contribution in [3.8, 4) is 5.75 Å². The van der Waals surface area contributed by atoms with Crippen LogP contribution >= 0.6 is 0 Å². The Morgan fingerprint density at radius 3 is 2.48 bits per heavy atom. The van der Waals surface area contributed by atoms with Crippen LogP contribution in [0.15, 0.2) is 60.7 Å². The fourth-order valence-electron chi connectivity index (χ4n) is 4.20. The molecule has 0 unspecified atom stereocenters. The summed E-state index contributed by atoms with van der Waals surface area (Å²) in [5.41, 5.74) is 5.64. The van der Waals surface area contributed by atoms with E-state index in [9.17, 15) is 5.21 Å². The molecule has 0 aliphatic heterocycles. The molecular formula is C23H26N2O2. The zero-order valence-electron chi connectivity index (χ0n) is 15.5. The summed E-state index contributed by atoms with van der Waals surface area (Å²) in [7, 11) is 0. The molecular weight excluding hydrogens is 336 g/mol. The van der Waals surface area contributed by atoms with Crippen molar-refractivity contribution in [3.05, 3.63) is 71.9 Å². The van der Waals surface area contributed by atoms with Gasteiger partial charge in [0.2, 0.25) is 0 Å². The zero-order chi connectivity index (χ0) is 18.5. The molecule has 140 valence electrons. The molecule has 0 atom stereocenters. The van der Waals surface area contributed by atoms with Crippen LogP contribution in [0.5, 0.6) is 5.75 Å². The minimum atomic E-state index is 0.0332. The highest BCUT2D eigenvalue weighted by molar-refractivity contribution is 5.78.